The van der Waals surface area contributed by atoms with E-state index in [0.29, 0.717) is 21.0 Å². The fourth-order valence-electron chi connectivity index (χ4n) is 1.41. The van der Waals surface area contributed by atoms with Gasteiger partial charge in [0.2, 0.25) is 0 Å². The summed E-state index contributed by atoms with van der Waals surface area (Å²) >= 11 is 0. The Labute approximate surface area is 103 Å². The summed E-state index contributed by atoms with van der Waals surface area (Å²) in [7, 11) is 0.592. The number of carbonyl (C=O) groups is 2. The third-order valence-electron chi connectivity index (χ3n) is 2.12. The predicted molar refractivity (Wildman–Crippen MR) is 70.5 cm³/mol. The molecule has 0 aliphatic carbocycles. The van der Waals surface area contributed by atoms with E-state index in [1.54, 1.807) is 12.1 Å². The molecule has 0 fully saturated rings. The van der Waals surface area contributed by atoms with Crippen molar-refractivity contribution >= 4 is 27.4 Å². The maximum atomic E-state index is 10.8. The molecule has 1 aromatic rings. The van der Waals surface area contributed by atoms with Crippen LogP contribution in [0.2, 0.25) is 0 Å². The van der Waals surface area contributed by atoms with Gasteiger partial charge in [-0.25, -0.2) is 9.59 Å². The second kappa shape index (κ2) is 6.65. The molecule has 4 nitrogen and oxygen atoms in total. The Morgan fingerprint density at radius 2 is 1.76 bits per heavy atom. The van der Waals surface area contributed by atoms with E-state index in [9.17, 15) is 9.59 Å². The van der Waals surface area contributed by atoms with E-state index in [4.69, 9.17) is 10.2 Å². The molecule has 0 spiro atoms. The molecule has 0 radical (unpaired) electrons. The molecule has 0 aliphatic rings. The van der Waals surface area contributed by atoms with Gasteiger partial charge in [-0.15, -0.1) is 6.58 Å². The summed E-state index contributed by atoms with van der Waals surface area (Å²) in [6.07, 6.45) is 1.75. The molecule has 0 unspecified atom stereocenters. The molecular formula is C12H16O4Si. The van der Waals surface area contributed by atoms with E-state index < -0.39 is 11.9 Å². The van der Waals surface area contributed by atoms with E-state index in [1.807, 2.05) is 6.92 Å². The van der Waals surface area contributed by atoms with Crippen LogP contribution in [0.4, 0.5) is 0 Å². The van der Waals surface area contributed by atoms with Crippen molar-refractivity contribution in [3.05, 3.63) is 41.5 Å². The highest BCUT2D eigenvalue weighted by molar-refractivity contribution is 6.36. The lowest BCUT2D eigenvalue weighted by Gasteiger charge is -2.07. The summed E-state index contributed by atoms with van der Waals surface area (Å²) in [5.41, 5.74) is 0.524. The summed E-state index contributed by atoms with van der Waals surface area (Å²) < 4.78 is 0. The quantitative estimate of drug-likeness (QED) is 0.596. The van der Waals surface area contributed by atoms with Crippen LogP contribution in [0.3, 0.4) is 0 Å². The molecule has 0 heterocycles. The number of carboxylic acids is 2. The van der Waals surface area contributed by atoms with Gasteiger partial charge in [0.1, 0.15) is 0 Å². The molecule has 5 heteroatoms. The van der Waals surface area contributed by atoms with Crippen molar-refractivity contribution in [2.24, 2.45) is 0 Å². The Balaban J connectivity index is 0.000000770. The number of allylic oxidation sites excluding steroid dienone is 1. The van der Waals surface area contributed by atoms with Gasteiger partial charge in [-0.1, -0.05) is 17.3 Å². The highest BCUT2D eigenvalue weighted by Gasteiger charge is 2.16. The molecule has 0 amide bonds. The highest BCUT2D eigenvalue weighted by Crippen LogP contribution is 2.11. The zero-order valence-electron chi connectivity index (χ0n) is 10.2. The topological polar surface area (TPSA) is 74.6 Å². The number of rotatable bonds is 2. The molecule has 1 rings (SSSR count). The fourth-order valence-corrected chi connectivity index (χ4v) is 2.16. The van der Waals surface area contributed by atoms with E-state index in [2.05, 4.69) is 6.58 Å². The average molecular weight is 252 g/mol. The first-order valence-electron chi connectivity index (χ1n) is 5.00. The molecule has 2 N–H and O–H groups in total. The fraction of sp³-hybridized carbons (Fsp3) is 0.167. The third-order valence-corrected chi connectivity index (χ3v) is 2.95. The minimum absolute atomic E-state index is 0.0574. The number of benzene rings is 1. The van der Waals surface area contributed by atoms with Gasteiger partial charge >= 0.3 is 11.9 Å². The number of hydrogen-bond donors (Lipinski definition) is 2. The van der Waals surface area contributed by atoms with E-state index >= 15 is 0 Å². The van der Waals surface area contributed by atoms with Crippen LogP contribution in [0.5, 0.6) is 0 Å². The number of carboxylic acid groups (broad SMARTS) is 2. The Hall–Kier alpha value is -1.88. The van der Waals surface area contributed by atoms with Gasteiger partial charge in [-0.3, -0.25) is 0 Å². The van der Waals surface area contributed by atoms with Gasteiger partial charge in [0, 0.05) is 10.2 Å². The molecule has 0 aliphatic heterocycles. The van der Waals surface area contributed by atoms with Crippen molar-refractivity contribution in [3.63, 3.8) is 0 Å². The van der Waals surface area contributed by atoms with Crippen molar-refractivity contribution in [2.75, 3.05) is 0 Å². The summed E-state index contributed by atoms with van der Waals surface area (Å²) in [5, 5.41) is 18.4. The lowest BCUT2D eigenvalue weighted by atomic mass is 10.0. The Morgan fingerprint density at radius 1 is 1.29 bits per heavy atom. The third kappa shape index (κ3) is 3.88. The van der Waals surface area contributed by atoms with Gasteiger partial charge < -0.3 is 10.2 Å². The number of aromatic carboxylic acids is 2. The van der Waals surface area contributed by atoms with E-state index in [0.717, 1.165) is 0 Å². The normalized spacial score (nSPS) is 9.06. The molecular weight excluding hydrogens is 236 g/mol. The van der Waals surface area contributed by atoms with Crippen molar-refractivity contribution in [1.29, 1.82) is 0 Å². The lowest BCUT2D eigenvalue weighted by Crippen LogP contribution is -2.20. The second-order valence-corrected chi connectivity index (χ2v) is 4.53. The summed E-state index contributed by atoms with van der Waals surface area (Å²) in [5.74, 6) is -2.15. The first kappa shape index (κ1) is 15.1. The minimum Gasteiger partial charge on any atom is -0.478 e. The van der Waals surface area contributed by atoms with E-state index in [1.165, 1.54) is 13.0 Å². The molecule has 92 valence electrons. The first-order valence-corrected chi connectivity index (χ1v) is 6.00. The van der Waals surface area contributed by atoms with Crippen LogP contribution >= 0.6 is 0 Å². The summed E-state index contributed by atoms with van der Waals surface area (Å²) in [6, 6.07) is 3.01. The lowest BCUT2D eigenvalue weighted by molar-refractivity contribution is 0.0696. The van der Waals surface area contributed by atoms with Crippen molar-refractivity contribution in [3.8, 4) is 0 Å². The van der Waals surface area contributed by atoms with Crippen molar-refractivity contribution < 1.29 is 19.8 Å². The van der Waals surface area contributed by atoms with Gasteiger partial charge in [0.15, 0.2) is 0 Å². The monoisotopic (exact) mass is 252 g/mol. The van der Waals surface area contributed by atoms with Crippen LogP contribution in [-0.2, 0) is 0 Å². The molecule has 1 aromatic carbocycles. The van der Waals surface area contributed by atoms with Crippen molar-refractivity contribution in [2.45, 2.75) is 13.8 Å². The van der Waals surface area contributed by atoms with Crippen molar-refractivity contribution in [1.82, 2.24) is 0 Å². The number of hydrogen-bond acceptors (Lipinski definition) is 2. The van der Waals surface area contributed by atoms with Crippen LogP contribution in [0.1, 0.15) is 33.2 Å². The van der Waals surface area contributed by atoms with Crippen LogP contribution < -0.4 is 5.19 Å². The minimum atomic E-state index is -1.09. The molecule has 0 bridgehead atoms. The first-order chi connectivity index (χ1) is 7.86. The van der Waals surface area contributed by atoms with Crippen LogP contribution in [-0.4, -0.2) is 32.4 Å². The Morgan fingerprint density at radius 3 is 2.12 bits per heavy atom. The highest BCUT2D eigenvalue weighted by atomic mass is 28.1. The molecule has 0 aromatic heterocycles. The van der Waals surface area contributed by atoms with Crippen LogP contribution in [0, 0.1) is 6.92 Å². The van der Waals surface area contributed by atoms with Gasteiger partial charge in [0.05, 0.1) is 11.1 Å². The molecule has 17 heavy (non-hydrogen) atoms. The van der Waals surface area contributed by atoms with Gasteiger partial charge in [-0.2, -0.15) is 0 Å². The van der Waals surface area contributed by atoms with Gasteiger partial charge in [0.25, 0.3) is 0 Å². The summed E-state index contributed by atoms with van der Waals surface area (Å²) in [4.78, 5) is 21.6. The molecule has 0 saturated heterocycles. The maximum absolute atomic E-state index is 10.8. The largest absolute Gasteiger partial charge is 0.478 e. The van der Waals surface area contributed by atoms with Gasteiger partial charge in [-0.05, 0) is 25.5 Å². The Bertz CT molecular complexity index is 452. The molecule has 0 atom stereocenters. The molecule has 0 saturated carbocycles. The maximum Gasteiger partial charge on any atom is 0.335 e. The van der Waals surface area contributed by atoms with Crippen LogP contribution in [0.15, 0.2) is 24.8 Å². The standard InChI is InChI=1S/C9H10O4Si.C3H6/c1-4-5(8(10)11)2-3-6(14)7(4)9(12)13;1-3-2/h2-3H,1,14H3,(H,10,11)(H,12,13);3H,1H2,2H3. The SMILES string of the molecule is C=CC.Cc1c(C(=O)O)ccc([SiH3])c1C(=O)O. The average Bonchev–Trinajstić information content (AvgIpc) is 2.17. The van der Waals surface area contributed by atoms with E-state index in [-0.39, 0.29) is 11.1 Å². The zero-order chi connectivity index (χ0) is 13.6. The zero-order valence-corrected chi connectivity index (χ0v) is 12.2. The summed E-state index contributed by atoms with van der Waals surface area (Å²) in [6.45, 7) is 6.77. The smallest absolute Gasteiger partial charge is 0.335 e. The predicted octanol–water partition coefficient (Wildman–Crippen LogP) is 0.574. The Kier molecular flexibility index (Phi) is 5.91. The van der Waals surface area contributed by atoms with Crippen LogP contribution in [0.25, 0.3) is 0 Å². The second-order valence-electron chi connectivity index (χ2n) is 3.45.